The zero-order valence-corrected chi connectivity index (χ0v) is 17.2. The van der Waals surface area contributed by atoms with Crippen LogP contribution in [0.15, 0.2) is 0 Å². The zero-order valence-electron chi connectivity index (χ0n) is 17.2. The number of hydrogen-bond acceptors (Lipinski definition) is 9. The molecule has 182 valence electrons. The molecule has 3 fully saturated rings. The monoisotopic (exact) mass is 470 g/mol. The van der Waals surface area contributed by atoms with Gasteiger partial charge in [-0.15, -0.1) is 0 Å². The average molecular weight is 470 g/mol. The summed E-state index contributed by atoms with van der Waals surface area (Å²) in [6.07, 6.45) is -9.84. The summed E-state index contributed by atoms with van der Waals surface area (Å²) in [5.41, 5.74) is -1.52. The molecule has 3 saturated heterocycles. The Balaban J connectivity index is 1.39. The van der Waals surface area contributed by atoms with Crippen molar-refractivity contribution in [1.29, 1.82) is 0 Å². The molecule has 0 saturated carbocycles. The molecule has 0 spiro atoms. The summed E-state index contributed by atoms with van der Waals surface area (Å²) in [5.74, 6) is -3.11. The number of ether oxygens (including phenoxy) is 4. The molecule has 0 aromatic heterocycles. The van der Waals surface area contributed by atoms with Crippen LogP contribution in [0, 0.1) is 5.92 Å². The quantitative estimate of drug-likeness (QED) is 0.266. The number of carbonyl (C=O) groups excluding carboxylic acids is 3. The highest BCUT2D eigenvalue weighted by molar-refractivity contribution is 6.03. The minimum absolute atomic E-state index is 0.0329. The number of imide groups is 1. The van der Waals surface area contributed by atoms with E-state index in [9.17, 15) is 37.8 Å². The number of alkyl halides is 3. The summed E-state index contributed by atoms with van der Waals surface area (Å²) in [7, 11) is 0. The van der Waals surface area contributed by atoms with Crippen LogP contribution in [-0.4, -0.2) is 109 Å². The molecule has 3 heterocycles. The van der Waals surface area contributed by atoms with Crippen LogP contribution in [-0.2, 0) is 33.3 Å². The predicted molar refractivity (Wildman–Crippen MR) is 95.7 cm³/mol. The molecule has 0 aromatic carbocycles. The third-order valence-electron chi connectivity index (χ3n) is 5.57. The second-order valence-electron chi connectivity index (χ2n) is 7.95. The van der Waals surface area contributed by atoms with Crippen LogP contribution in [0.5, 0.6) is 0 Å². The van der Waals surface area contributed by atoms with E-state index in [1.165, 1.54) is 0 Å². The highest BCUT2D eigenvalue weighted by Crippen LogP contribution is 2.37. The third kappa shape index (κ3) is 5.05. The number of amides is 3. The third-order valence-corrected chi connectivity index (χ3v) is 5.57. The molecule has 0 aliphatic carbocycles. The lowest BCUT2D eigenvalue weighted by Gasteiger charge is -2.42. The molecule has 3 amide bonds. The van der Waals surface area contributed by atoms with Gasteiger partial charge < -0.3 is 34.5 Å². The smallest absolute Gasteiger partial charge is 0.388 e. The molecule has 1 unspecified atom stereocenters. The van der Waals surface area contributed by atoms with Gasteiger partial charge in [-0.05, 0) is 0 Å². The normalized spacial score (nSPS) is 34.9. The maximum atomic E-state index is 12.5. The number of nitrogens with one attached hydrogen (secondary N) is 1. The van der Waals surface area contributed by atoms with E-state index in [2.05, 4.69) is 0 Å². The number of halogens is 3. The van der Waals surface area contributed by atoms with Gasteiger partial charge in [0.1, 0.15) is 23.9 Å². The van der Waals surface area contributed by atoms with Gasteiger partial charge in [0.2, 0.25) is 11.8 Å². The van der Waals surface area contributed by atoms with Crippen molar-refractivity contribution in [2.24, 2.45) is 5.92 Å². The first-order chi connectivity index (χ1) is 15.0. The molecule has 3 aliphatic heterocycles. The molecule has 3 N–H and O–H groups in total. The van der Waals surface area contributed by atoms with Crippen LogP contribution in [0.25, 0.3) is 0 Å². The number of carbonyl (C=O) groups is 3. The second kappa shape index (κ2) is 9.57. The lowest BCUT2D eigenvalue weighted by atomic mass is 9.88. The first-order valence-electron chi connectivity index (χ1n) is 9.99. The van der Waals surface area contributed by atoms with E-state index in [-0.39, 0.29) is 63.7 Å². The SMILES string of the molecule is CC1CC(=O)N(CCOCCOC[C@@]23CO[C@@H](O2)[C@@H](NC(=O)C(F)(F)F)[C@@H](O)[C@H]3O)C1=O. The van der Waals surface area contributed by atoms with Crippen molar-refractivity contribution in [3.05, 3.63) is 0 Å². The second-order valence-corrected chi connectivity index (χ2v) is 7.95. The maximum absolute atomic E-state index is 12.5. The highest BCUT2D eigenvalue weighted by Gasteiger charge is 2.60. The van der Waals surface area contributed by atoms with E-state index in [0.29, 0.717) is 0 Å². The van der Waals surface area contributed by atoms with Gasteiger partial charge >= 0.3 is 12.1 Å². The molecule has 3 aliphatic rings. The number of aliphatic hydroxyl groups is 2. The van der Waals surface area contributed by atoms with Crippen LogP contribution in [0.3, 0.4) is 0 Å². The van der Waals surface area contributed by atoms with Gasteiger partial charge in [-0.25, -0.2) is 0 Å². The number of fused-ring (bicyclic) bond motifs is 2. The Morgan fingerprint density at radius 1 is 1.25 bits per heavy atom. The summed E-state index contributed by atoms with van der Waals surface area (Å²) < 4.78 is 58.8. The molecule has 14 heteroatoms. The number of likely N-dealkylation sites (tertiary alicyclic amines) is 1. The van der Waals surface area contributed by atoms with E-state index >= 15 is 0 Å². The minimum atomic E-state index is -5.17. The molecule has 0 aromatic rings. The number of hydrogen-bond donors (Lipinski definition) is 3. The summed E-state index contributed by atoms with van der Waals surface area (Å²) in [6, 6.07) is -1.61. The summed E-state index contributed by atoms with van der Waals surface area (Å²) >= 11 is 0. The molecule has 6 atom stereocenters. The largest absolute Gasteiger partial charge is 0.471 e. The van der Waals surface area contributed by atoms with Crippen molar-refractivity contribution >= 4 is 17.7 Å². The fourth-order valence-corrected chi connectivity index (χ4v) is 3.77. The van der Waals surface area contributed by atoms with Crippen molar-refractivity contribution in [2.45, 2.75) is 49.7 Å². The Bertz CT molecular complexity index is 737. The standard InChI is InChI=1S/C18H25F3N2O9/c1-9-6-10(24)23(14(9)27)2-3-29-4-5-30-7-17-8-31-15(32-17)11(12(25)13(17)26)22-16(28)18(19,20)21/h9,11-13,15,25-26H,2-8H2,1H3,(H,22,28)/t9?,11-,12+,13+,15-,17-/m0/s1. The van der Waals surface area contributed by atoms with Crippen molar-refractivity contribution < 1.29 is 56.7 Å². The van der Waals surface area contributed by atoms with E-state index in [0.717, 1.165) is 4.90 Å². The molecule has 2 bridgehead atoms. The number of nitrogens with zero attached hydrogens (tertiary/aromatic N) is 1. The van der Waals surface area contributed by atoms with Crippen molar-refractivity contribution in [3.63, 3.8) is 0 Å². The van der Waals surface area contributed by atoms with E-state index < -0.39 is 42.2 Å². The van der Waals surface area contributed by atoms with Crippen LogP contribution < -0.4 is 5.32 Å². The molecular formula is C18H25F3N2O9. The fourth-order valence-electron chi connectivity index (χ4n) is 3.77. The van der Waals surface area contributed by atoms with Crippen LogP contribution in [0.1, 0.15) is 13.3 Å². The lowest BCUT2D eigenvalue weighted by Crippen LogP contribution is -2.67. The Morgan fingerprint density at radius 2 is 1.94 bits per heavy atom. The Hall–Kier alpha value is -1.84. The van der Waals surface area contributed by atoms with Gasteiger partial charge in [-0.3, -0.25) is 19.3 Å². The molecule has 3 rings (SSSR count). The fraction of sp³-hybridized carbons (Fsp3) is 0.833. The Labute approximate surface area is 180 Å². The topological polar surface area (TPSA) is 144 Å². The van der Waals surface area contributed by atoms with Gasteiger partial charge in [0, 0.05) is 12.3 Å². The van der Waals surface area contributed by atoms with Gasteiger partial charge in [0.25, 0.3) is 0 Å². The van der Waals surface area contributed by atoms with Crippen molar-refractivity contribution in [3.8, 4) is 0 Å². The number of aliphatic hydroxyl groups excluding tert-OH is 2. The Kier molecular flexibility index (Phi) is 7.41. The van der Waals surface area contributed by atoms with Gasteiger partial charge in [-0.1, -0.05) is 6.92 Å². The average Bonchev–Trinajstić information content (AvgIpc) is 3.23. The maximum Gasteiger partial charge on any atom is 0.471 e. The molecule has 11 nitrogen and oxygen atoms in total. The molecule has 32 heavy (non-hydrogen) atoms. The first-order valence-corrected chi connectivity index (χ1v) is 9.99. The molecule has 0 radical (unpaired) electrons. The number of rotatable bonds is 9. The molecular weight excluding hydrogens is 445 g/mol. The Morgan fingerprint density at radius 3 is 2.56 bits per heavy atom. The van der Waals surface area contributed by atoms with E-state index in [4.69, 9.17) is 18.9 Å². The van der Waals surface area contributed by atoms with Gasteiger partial charge in [0.15, 0.2) is 6.29 Å². The van der Waals surface area contributed by atoms with Gasteiger partial charge in [-0.2, -0.15) is 13.2 Å². The van der Waals surface area contributed by atoms with Crippen LogP contribution >= 0.6 is 0 Å². The lowest BCUT2D eigenvalue weighted by molar-refractivity contribution is -0.240. The zero-order chi connectivity index (χ0) is 23.7. The van der Waals surface area contributed by atoms with Crippen molar-refractivity contribution in [2.75, 3.05) is 39.6 Å². The first kappa shape index (κ1) is 24.8. The van der Waals surface area contributed by atoms with Crippen LogP contribution in [0.4, 0.5) is 13.2 Å². The minimum Gasteiger partial charge on any atom is -0.388 e. The highest BCUT2D eigenvalue weighted by atomic mass is 19.4. The van der Waals surface area contributed by atoms with E-state index in [1.54, 1.807) is 12.2 Å². The van der Waals surface area contributed by atoms with E-state index in [1.807, 2.05) is 0 Å². The summed E-state index contributed by atoms with van der Waals surface area (Å²) in [6.45, 7) is 1.51. The van der Waals surface area contributed by atoms with Crippen molar-refractivity contribution in [1.82, 2.24) is 10.2 Å². The van der Waals surface area contributed by atoms with Crippen LogP contribution in [0.2, 0.25) is 0 Å². The van der Waals surface area contributed by atoms with Gasteiger partial charge in [0.05, 0.1) is 39.6 Å². The predicted octanol–water partition coefficient (Wildman–Crippen LogP) is -1.69. The summed E-state index contributed by atoms with van der Waals surface area (Å²) in [4.78, 5) is 35.8. The summed E-state index contributed by atoms with van der Waals surface area (Å²) in [5, 5.41) is 22.1.